The number of nitrogens with zero attached hydrogens (tertiary/aromatic N) is 1. The number of urea groups is 1. The van der Waals surface area contributed by atoms with Gasteiger partial charge in [0.25, 0.3) is 5.91 Å². The van der Waals surface area contributed by atoms with Gasteiger partial charge in [-0.05, 0) is 65.9 Å². The van der Waals surface area contributed by atoms with E-state index in [9.17, 15) is 9.59 Å². The molecule has 3 N–H and O–H groups in total. The summed E-state index contributed by atoms with van der Waals surface area (Å²) in [6, 6.07) is 20.8. The molecule has 0 bridgehead atoms. The quantitative estimate of drug-likeness (QED) is 0.383. The van der Waals surface area contributed by atoms with Gasteiger partial charge in [0.1, 0.15) is 0 Å². The number of amides is 3. The second kappa shape index (κ2) is 13.3. The molecule has 0 saturated carbocycles. The number of hydrogen-bond acceptors (Lipinski definition) is 3. The molecule has 2 atom stereocenters. The van der Waals surface area contributed by atoms with Crippen LogP contribution in [0.4, 0.5) is 4.79 Å². The Morgan fingerprint density at radius 1 is 1.02 bits per heavy atom. The average Bonchev–Trinajstić information content (AvgIpc) is 3.07. The van der Waals surface area contributed by atoms with Crippen molar-refractivity contribution < 1.29 is 9.59 Å². The van der Waals surface area contributed by atoms with E-state index in [0.717, 1.165) is 48.2 Å². The lowest BCUT2D eigenvalue weighted by Crippen LogP contribution is -2.54. The number of hydrogen-bond donors (Lipinski definition) is 3. The minimum atomic E-state index is -0.172. The summed E-state index contributed by atoms with van der Waals surface area (Å²) in [5, 5.41) is 9.83. The topological polar surface area (TPSA) is 73.5 Å². The van der Waals surface area contributed by atoms with Crippen LogP contribution in [0.2, 0.25) is 0 Å². The summed E-state index contributed by atoms with van der Waals surface area (Å²) in [6.45, 7) is 9.33. The van der Waals surface area contributed by atoms with Gasteiger partial charge in [-0.1, -0.05) is 87.0 Å². The standard InChI is InChI=1S/C35H44N4O2/c1-24(2)14-15-37-35(41)38-32-22-29-18-25(3)33(29)31(21-28(32)19-26-10-6-4-7-11-26)34(40)39-17-16-36-30(23-39)20-27-12-8-5-9-13-27/h4-13,21,24-25,30,36H,14-20,22-23H2,1-3H3,(H2,37,38,41)/t25?,30-/m0/s1. The van der Waals surface area contributed by atoms with Crippen LogP contribution in [0.5, 0.6) is 0 Å². The Labute approximate surface area is 245 Å². The lowest BCUT2D eigenvalue weighted by molar-refractivity contribution is -0.128. The van der Waals surface area contributed by atoms with E-state index in [4.69, 9.17) is 0 Å². The van der Waals surface area contributed by atoms with E-state index in [-0.39, 0.29) is 18.0 Å². The van der Waals surface area contributed by atoms with Gasteiger partial charge < -0.3 is 20.9 Å². The molecule has 6 heteroatoms. The van der Waals surface area contributed by atoms with E-state index < -0.39 is 0 Å². The van der Waals surface area contributed by atoms with Gasteiger partial charge >= 0.3 is 6.03 Å². The summed E-state index contributed by atoms with van der Waals surface area (Å²) < 4.78 is 0. The van der Waals surface area contributed by atoms with Crippen LogP contribution in [0, 0.1) is 11.8 Å². The Hall–Kier alpha value is -3.64. The minimum absolute atomic E-state index is 0.108. The first kappa shape index (κ1) is 28.9. The van der Waals surface area contributed by atoms with Crippen molar-refractivity contribution in [3.63, 3.8) is 0 Å². The first-order valence-corrected chi connectivity index (χ1v) is 15.2. The number of nitrogens with one attached hydrogen (secondary N) is 3. The highest BCUT2D eigenvalue weighted by Gasteiger charge is 2.37. The third-order valence-corrected chi connectivity index (χ3v) is 8.42. The van der Waals surface area contributed by atoms with Crippen molar-refractivity contribution in [1.29, 1.82) is 0 Å². The molecule has 0 aromatic heterocycles. The third kappa shape index (κ3) is 7.36. The minimum Gasteiger partial charge on any atom is -0.338 e. The zero-order chi connectivity index (χ0) is 28.8. The van der Waals surface area contributed by atoms with Crippen molar-refractivity contribution in [3.8, 4) is 0 Å². The van der Waals surface area contributed by atoms with Gasteiger partial charge in [0.15, 0.2) is 0 Å². The third-order valence-electron chi connectivity index (χ3n) is 8.42. The van der Waals surface area contributed by atoms with Crippen molar-refractivity contribution in [1.82, 2.24) is 20.9 Å². The molecule has 1 unspecified atom stereocenters. The maximum Gasteiger partial charge on any atom is 0.318 e. The van der Waals surface area contributed by atoms with E-state index in [1.54, 1.807) is 0 Å². The van der Waals surface area contributed by atoms with Crippen LogP contribution < -0.4 is 16.0 Å². The smallest absolute Gasteiger partial charge is 0.318 e. The maximum absolute atomic E-state index is 14.2. The van der Waals surface area contributed by atoms with Crippen LogP contribution in [0.15, 0.2) is 94.7 Å². The lowest BCUT2D eigenvalue weighted by Gasteiger charge is -2.37. The molecule has 1 heterocycles. The fraction of sp³-hybridized carbons (Fsp3) is 0.429. The summed E-state index contributed by atoms with van der Waals surface area (Å²) in [5.74, 6) is 0.969. The number of rotatable bonds is 9. The zero-order valence-corrected chi connectivity index (χ0v) is 24.7. The predicted molar refractivity (Wildman–Crippen MR) is 165 cm³/mol. The molecule has 0 radical (unpaired) electrons. The van der Waals surface area contributed by atoms with Gasteiger partial charge in [-0.15, -0.1) is 0 Å². The number of allylic oxidation sites excluding steroid dienone is 3. The second-order valence-corrected chi connectivity index (χ2v) is 12.2. The molecule has 3 aliphatic rings. The Morgan fingerprint density at radius 3 is 2.41 bits per heavy atom. The monoisotopic (exact) mass is 552 g/mol. The molecule has 0 spiro atoms. The largest absolute Gasteiger partial charge is 0.338 e. The molecular weight excluding hydrogens is 508 g/mol. The van der Waals surface area contributed by atoms with E-state index >= 15 is 0 Å². The zero-order valence-electron chi connectivity index (χ0n) is 24.7. The first-order valence-electron chi connectivity index (χ1n) is 15.2. The van der Waals surface area contributed by atoms with Crippen LogP contribution in [-0.4, -0.2) is 49.1 Å². The molecule has 3 amide bonds. The molecule has 41 heavy (non-hydrogen) atoms. The lowest BCUT2D eigenvalue weighted by atomic mass is 9.73. The van der Waals surface area contributed by atoms with E-state index in [1.807, 2.05) is 29.2 Å². The molecule has 1 saturated heterocycles. The van der Waals surface area contributed by atoms with Crippen LogP contribution in [0.3, 0.4) is 0 Å². The van der Waals surface area contributed by atoms with Gasteiger partial charge in [0.2, 0.25) is 0 Å². The molecule has 216 valence electrons. The normalized spacial score (nSPS) is 20.7. The van der Waals surface area contributed by atoms with Crippen molar-refractivity contribution in [3.05, 3.63) is 106 Å². The van der Waals surface area contributed by atoms with Crippen molar-refractivity contribution >= 4 is 11.9 Å². The molecular formula is C35H44N4O2. The summed E-state index contributed by atoms with van der Waals surface area (Å²) >= 11 is 0. The van der Waals surface area contributed by atoms with Gasteiger partial charge in [-0.25, -0.2) is 4.79 Å². The van der Waals surface area contributed by atoms with Crippen LogP contribution in [0.25, 0.3) is 0 Å². The summed E-state index contributed by atoms with van der Waals surface area (Å²) in [4.78, 5) is 29.2. The Kier molecular flexibility index (Phi) is 9.40. The number of carbonyl (C=O) groups is 2. The first-order chi connectivity index (χ1) is 19.9. The highest BCUT2D eigenvalue weighted by Crippen LogP contribution is 2.45. The molecule has 2 aliphatic carbocycles. The molecule has 1 aliphatic heterocycles. The number of piperazine rings is 1. The highest BCUT2D eigenvalue weighted by atomic mass is 16.2. The number of carbonyl (C=O) groups excluding carboxylic acids is 2. The van der Waals surface area contributed by atoms with Crippen molar-refractivity contribution in [2.24, 2.45) is 11.8 Å². The van der Waals surface area contributed by atoms with E-state index in [1.165, 1.54) is 16.7 Å². The van der Waals surface area contributed by atoms with Crippen molar-refractivity contribution in [2.75, 3.05) is 26.2 Å². The van der Waals surface area contributed by atoms with Crippen molar-refractivity contribution in [2.45, 2.75) is 58.9 Å². The fourth-order valence-corrected chi connectivity index (χ4v) is 6.23. The molecule has 5 rings (SSSR count). The van der Waals surface area contributed by atoms with Gasteiger partial charge in [-0.2, -0.15) is 0 Å². The fourth-order valence-electron chi connectivity index (χ4n) is 6.23. The Balaban J connectivity index is 1.42. The Morgan fingerprint density at radius 2 is 1.73 bits per heavy atom. The maximum atomic E-state index is 14.2. The number of benzene rings is 2. The molecule has 2 aromatic rings. The van der Waals surface area contributed by atoms with E-state index in [2.05, 4.69) is 79.2 Å². The Bertz CT molecular complexity index is 1330. The highest BCUT2D eigenvalue weighted by molar-refractivity contribution is 5.99. The van der Waals surface area contributed by atoms with Crippen LogP contribution >= 0.6 is 0 Å². The SMILES string of the molecule is CC(C)CCNC(=O)NC1=C(Cc2ccccc2)C=C(C(=O)N2CCN[C@@H](Cc3ccccc3)C2)C2=C(C1)CC2C. The molecule has 1 fully saturated rings. The van der Waals surface area contributed by atoms with Gasteiger partial charge in [-0.3, -0.25) is 4.79 Å². The molecule has 2 aromatic carbocycles. The van der Waals surface area contributed by atoms with E-state index in [0.29, 0.717) is 44.3 Å². The molecule has 6 nitrogen and oxygen atoms in total. The second-order valence-electron chi connectivity index (χ2n) is 12.2. The van der Waals surface area contributed by atoms with Crippen LogP contribution in [0.1, 0.15) is 51.2 Å². The summed E-state index contributed by atoms with van der Waals surface area (Å²) in [5.41, 5.74) is 7.61. The van der Waals surface area contributed by atoms with Gasteiger partial charge in [0, 0.05) is 49.9 Å². The summed E-state index contributed by atoms with van der Waals surface area (Å²) in [7, 11) is 0. The predicted octanol–water partition coefficient (Wildman–Crippen LogP) is 5.54. The van der Waals surface area contributed by atoms with Crippen LogP contribution in [-0.2, 0) is 17.6 Å². The average molecular weight is 553 g/mol. The summed E-state index contributed by atoms with van der Waals surface area (Å²) in [6.07, 6.45) is 6.21. The van der Waals surface area contributed by atoms with Gasteiger partial charge in [0.05, 0.1) is 0 Å².